The molecule has 0 radical (unpaired) electrons. The molecule has 0 aromatic heterocycles. The van der Waals surface area contributed by atoms with Crippen LogP contribution < -0.4 is 10.2 Å². The molecule has 1 unspecified atom stereocenters. The Labute approximate surface area is 181 Å². The molecular weight excluding hydrogens is 394 g/mol. The van der Waals surface area contributed by atoms with Crippen molar-refractivity contribution in [3.05, 3.63) is 75.8 Å². The maximum atomic E-state index is 13.4. The topological polar surface area (TPSA) is 73.2 Å². The van der Waals surface area contributed by atoms with E-state index in [1.54, 1.807) is 0 Å². The van der Waals surface area contributed by atoms with Crippen molar-refractivity contribution in [3.8, 4) is 6.07 Å². The lowest BCUT2D eigenvalue weighted by molar-refractivity contribution is -0.117. The molecule has 1 heterocycles. The molecule has 1 atom stereocenters. The van der Waals surface area contributed by atoms with Crippen LogP contribution in [0.15, 0.2) is 59.1 Å². The fourth-order valence-electron chi connectivity index (χ4n) is 3.39. The van der Waals surface area contributed by atoms with Gasteiger partial charge in [-0.2, -0.15) is 5.26 Å². The van der Waals surface area contributed by atoms with E-state index >= 15 is 0 Å². The van der Waals surface area contributed by atoms with Gasteiger partial charge in [-0.05, 0) is 48.1 Å². The Kier molecular flexibility index (Phi) is 6.63. The highest BCUT2D eigenvalue weighted by Crippen LogP contribution is 2.42. The highest BCUT2D eigenvalue weighted by molar-refractivity contribution is 8.05. The maximum Gasteiger partial charge on any atom is 0.264 e. The van der Waals surface area contributed by atoms with Gasteiger partial charge in [0.05, 0.1) is 5.25 Å². The number of carbonyl (C=O) groups excluding carboxylic acids is 2. The number of benzene rings is 2. The van der Waals surface area contributed by atoms with Gasteiger partial charge in [-0.1, -0.05) is 62.0 Å². The van der Waals surface area contributed by atoms with Crippen molar-refractivity contribution in [1.82, 2.24) is 5.32 Å². The van der Waals surface area contributed by atoms with Crippen molar-refractivity contribution in [2.24, 2.45) is 0 Å². The lowest BCUT2D eigenvalue weighted by atomic mass is 10.0. The zero-order valence-electron chi connectivity index (χ0n) is 17.6. The van der Waals surface area contributed by atoms with Crippen LogP contribution in [0.25, 0.3) is 0 Å². The van der Waals surface area contributed by atoms with Gasteiger partial charge in [-0.25, -0.2) is 0 Å². The normalized spacial score (nSPS) is 17.8. The molecule has 0 aliphatic carbocycles. The number of aryl methyl sites for hydroxylation is 1. The summed E-state index contributed by atoms with van der Waals surface area (Å²) in [5.41, 5.74) is 3.97. The van der Waals surface area contributed by atoms with Crippen LogP contribution in [0.3, 0.4) is 0 Å². The van der Waals surface area contributed by atoms with E-state index in [9.17, 15) is 14.9 Å². The van der Waals surface area contributed by atoms with Crippen LogP contribution in [0.2, 0.25) is 0 Å². The number of hydrogen-bond acceptors (Lipinski definition) is 4. The van der Waals surface area contributed by atoms with E-state index in [1.807, 2.05) is 61.5 Å². The minimum Gasteiger partial charge on any atom is -0.354 e. The van der Waals surface area contributed by atoms with E-state index in [1.165, 1.54) is 23.7 Å². The summed E-state index contributed by atoms with van der Waals surface area (Å²) in [6, 6.07) is 17.7. The Hall–Kier alpha value is -3.04. The van der Waals surface area contributed by atoms with Crippen LogP contribution in [-0.2, 0) is 16.0 Å². The van der Waals surface area contributed by atoms with Crippen LogP contribution in [0, 0.1) is 18.3 Å². The Morgan fingerprint density at radius 1 is 1.20 bits per heavy atom. The van der Waals surface area contributed by atoms with Gasteiger partial charge in [0, 0.05) is 12.7 Å². The zero-order chi connectivity index (χ0) is 21.8. The summed E-state index contributed by atoms with van der Waals surface area (Å²) in [6.45, 7) is 6.23. The third kappa shape index (κ3) is 4.27. The molecule has 1 fully saturated rings. The monoisotopic (exact) mass is 419 g/mol. The molecule has 1 N–H and O–H groups in total. The van der Waals surface area contributed by atoms with E-state index in [2.05, 4.69) is 19.2 Å². The summed E-state index contributed by atoms with van der Waals surface area (Å²) < 4.78 is 0. The van der Waals surface area contributed by atoms with Gasteiger partial charge in [0.2, 0.25) is 5.91 Å². The minimum atomic E-state index is -0.492. The predicted molar refractivity (Wildman–Crippen MR) is 121 cm³/mol. The lowest BCUT2D eigenvalue weighted by Crippen LogP contribution is -2.31. The molecule has 1 aliphatic rings. The highest BCUT2D eigenvalue weighted by atomic mass is 32.2. The number of nitrogens with one attached hydrogen (secondary N) is 1. The fraction of sp³-hybridized carbons (Fsp3) is 0.292. The first-order chi connectivity index (χ1) is 14.4. The zero-order valence-corrected chi connectivity index (χ0v) is 18.4. The second-order valence-electron chi connectivity index (χ2n) is 7.53. The number of carbonyl (C=O) groups is 2. The molecule has 0 spiro atoms. The number of thioether (sulfide) groups is 1. The van der Waals surface area contributed by atoms with Gasteiger partial charge in [0.15, 0.2) is 0 Å². The molecule has 0 saturated carbocycles. The molecule has 2 aromatic rings. The predicted octanol–water partition coefficient (Wildman–Crippen LogP) is 4.29. The van der Waals surface area contributed by atoms with Crippen LogP contribution in [0.1, 0.15) is 36.5 Å². The molecule has 1 aliphatic heterocycles. The van der Waals surface area contributed by atoms with E-state index in [-0.39, 0.29) is 11.5 Å². The molecule has 30 heavy (non-hydrogen) atoms. The summed E-state index contributed by atoms with van der Waals surface area (Å²) in [5, 5.41) is 12.1. The molecule has 154 valence electrons. The summed E-state index contributed by atoms with van der Waals surface area (Å²) in [6.07, 6.45) is 0.534. The Morgan fingerprint density at radius 3 is 2.43 bits per heavy atom. The Balaban J connectivity index is 2.05. The average Bonchev–Trinajstić information content (AvgIpc) is 3.05. The smallest absolute Gasteiger partial charge is 0.264 e. The number of anilines is 1. The van der Waals surface area contributed by atoms with E-state index < -0.39 is 11.2 Å². The van der Waals surface area contributed by atoms with Crippen molar-refractivity contribution in [1.29, 1.82) is 5.26 Å². The van der Waals surface area contributed by atoms with Crippen LogP contribution >= 0.6 is 11.8 Å². The molecule has 6 heteroatoms. The number of hydrogen-bond donors (Lipinski definition) is 1. The van der Waals surface area contributed by atoms with Crippen molar-refractivity contribution in [2.45, 2.75) is 38.4 Å². The van der Waals surface area contributed by atoms with Crippen LogP contribution in [0.4, 0.5) is 5.69 Å². The van der Waals surface area contributed by atoms with Crippen molar-refractivity contribution >= 4 is 29.3 Å². The first-order valence-corrected chi connectivity index (χ1v) is 10.8. The van der Waals surface area contributed by atoms with Gasteiger partial charge < -0.3 is 5.32 Å². The summed E-state index contributed by atoms with van der Waals surface area (Å²) in [5.74, 6) is -0.243. The molecular formula is C24H25N3O2S. The third-order valence-electron chi connectivity index (χ3n) is 5.22. The van der Waals surface area contributed by atoms with Crippen LogP contribution in [0.5, 0.6) is 0 Å². The van der Waals surface area contributed by atoms with Gasteiger partial charge in [0.1, 0.15) is 16.7 Å². The largest absolute Gasteiger partial charge is 0.354 e. The van der Waals surface area contributed by atoms with Gasteiger partial charge >= 0.3 is 0 Å². The quantitative estimate of drug-likeness (QED) is 0.580. The fourth-order valence-corrected chi connectivity index (χ4v) is 4.69. The lowest BCUT2D eigenvalue weighted by Gasteiger charge is -2.19. The van der Waals surface area contributed by atoms with Gasteiger partial charge in [-0.3, -0.25) is 14.5 Å². The third-order valence-corrected chi connectivity index (χ3v) is 6.48. The first kappa shape index (κ1) is 21.7. The Morgan fingerprint density at radius 2 is 1.87 bits per heavy atom. The summed E-state index contributed by atoms with van der Waals surface area (Å²) >= 11 is 1.28. The molecule has 2 amide bonds. The summed E-state index contributed by atoms with van der Waals surface area (Å²) in [4.78, 5) is 27.3. The second-order valence-corrected chi connectivity index (χ2v) is 8.72. The van der Waals surface area contributed by atoms with Crippen LogP contribution in [-0.4, -0.2) is 24.1 Å². The molecule has 0 bridgehead atoms. The number of likely N-dealkylation sites (N-methyl/N-ethyl adjacent to an activating group) is 1. The van der Waals surface area contributed by atoms with Gasteiger partial charge in [0.25, 0.3) is 5.91 Å². The first-order valence-electron chi connectivity index (χ1n) is 9.89. The number of nitrogens with zero attached hydrogens (tertiary/aromatic N) is 2. The van der Waals surface area contributed by atoms with E-state index in [0.29, 0.717) is 23.1 Å². The SMILES string of the molecule is CNC(=O)/C(C#N)=C1\SC(Cc2ccccc2C)C(=O)N1c1ccc(C(C)C)cc1. The average molecular weight is 420 g/mol. The summed E-state index contributed by atoms with van der Waals surface area (Å²) in [7, 11) is 1.48. The van der Waals surface area contributed by atoms with E-state index in [4.69, 9.17) is 0 Å². The minimum absolute atomic E-state index is 0.0453. The number of nitriles is 1. The standard InChI is InChI=1S/C24H25N3O2S/c1-15(2)17-9-11-19(12-10-17)27-23(29)21(13-18-8-6-5-7-16(18)3)30-24(27)20(14-25)22(28)26-4/h5-12,15,21H,13H2,1-4H3,(H,26,28)/b24-20-. The number of rotatable bonds is 5. The van der Waals surface area contributed by atoms with Gasteiger partial charge in [-0.15, -0.1) is 0 Å². The van der Waals surface area contributed by atoms with Crippen molar-refractivity contribution in [3.63, 3.8) is 0 Å². The molecule has 2 aromatic carbocycles. The second kappa shape index (κ2) is 9.19. The van der Waals surface area contributed by atoms with Crippen molar-refractivity contribution in [2.75, 3.05) is 11.9 Å². The Bertz CT molecular complexity index is 1040. The molecule has 3 rings (SSSR count). The van der Waals surface area contributed by atoms with E-state index in [0.717, 1.165) is 16.7 Å². The molecule has 5 nitrogen and oxygen atoms in total. The van der Waals surface area contributed by atoms with Crippen molar-refractivity contribution < 1.29 is 9.59 Å². The maximum absolute atomic E-state index is 13.4. The number of amides is 2. The highest BCUT2D eigenvalue weighted by Gasteiger charge is 2.40. The molecule has 1 saturated heterocycles.